The summed E-state index contributed by atoms with van der Waals surface area (Å²) in [6, 6.07) is 11.1. The zero-order valence-electron chi connectivity index (χ0n) is 16.9. The first-order chi connectivity index (χ1) is 14.2. The maximum atomic E-state index is 13.0. The molecule has 0 aromatic heterocycles. The number of nitro groups is 1. The predicted octanol–water partition coefficient (Wildman–Crippen LogP) is 3.91. The second-order valence-corrected chi connectivity index (χ2v) is 7.60. The van der Waals surface area contributed by atoms with Gasteiger partial charge >= 0.3 is 5.97 Å². The lowest BCUT2D eigenvalue weighted by molar-refractivity contribution is -0.385. The SMILES string of the molecule is CC(C)C[C@@H](C(=O)O[C@@H](C)c1cccc([N+](=O)[O-])c1)N1C(=O)c2ccccc2C1=O. The van der Waals surface area contributed by atoms with Crippen LogP contribution in [0.3, 0.4) is 0 Å². The van der Waals surface area contributed by atoms with Crippen LogP contribution in [0, 0.1) is 16.0 Å². The summed E-state index contributed by atoms with van der Waals surface area (Å²) in [7, 11) is 0. The highest BCUT2D eigenvalue weighted by Crippen LogP contribution is 2.29. The van der Waals surface area contributed by atoms with Crippen molar-refractivity contribution in [3.05, 3.63) is 75.3 Å². The van der Waals surface area contributed by atoms with E-state index in [9.17, 15) is 24.5 Å². The number of benzene rings is 2. The second kappa shape index (κ2) is 8.44. The summed E-state index contributed by atoms with van der Waals surface area (Å²) in [5.41, 5.74) is 0.851. The fourth-order valence-electron chi connectivity index (χ4n) is 3.46. The molecule has 1 aliphatic heterocycles. The fourth-order valence-corrected chi connectivity index (χ4v) is 3.46. The van der Waals surface area contributed by atoms with E-state index in [-0.39, 0.29) is 29.2 Å². The molecule has 0 saturated heterocycles. The standard InChI is InChI=1S/C22H22N2O6/c1-13(2)11-19(23-20(25)17-9-4-5-10-18(17)21(23)26)22(27)30-14(3)15-7-6-8-16(12-15)24(28)29/h4-10,12-14,19H,11H2,1-3H3/t14-,19-/m0/s1. The molecule has 0 radical (unpaired) electrons. The number of ether oxygens (including phenoxy) is 1. The number of nitrogens with zero attached hydrogens (tertiary/aromatic N) is 2. The van der Waals surface area contributed by atoms with Crippen LogP contribution in [-0.4, -0.2) is 33.6 Å². The van der Waals surface area contributed by atoms with Crippen LogP contribution in [0.15, 0.2) is 48.5 Å². The molecule has 8 heteroatoms. The average molecular weight is 410 g/mol. The van der Waals surface area contributed by atoms with Gasteiger partial charge in [0, 0.05) is 12.1 Å². The lowest BCUT2D eigenvalue weighted by Gasteiger charge is -2.27. The number of nitro benzene ring substituents is 1. The first kappa shape index (κ1) is 21.2. The summed E-state index contributed by atoms with van der Waals surface area (Å²) in [5.74, 6) is -1.76. The monoisotopic (exact) mass is 410 g/mol. The van der Waals surface area contributed by atoms with Gasteiger partial charge in [0.2, 0.25) is 0 Å². The fraction of sp³-hybridized carbons (Fsp3) is 0.318. The molecule has 2 atom stereocenters. The molecule has 2 aromatic carbocycles. The highest BCUT2D eigenvalue weighted by molar-refractivity contribution is 6.22. The third-order valence-electron chi connectivity index (χ3n) is 4.95. The quantitative estimate of drug-likeness (QED) is 0.296. The van der Waals surface area contributed by atoms with Crippen molar-refractivity contribution in [2.45, 2.75) is 39.3 Å². The molecule has 2 amide bonds. The number of imide groups is 1. The normalized spacial score (nSPS) is 15.1. The number of fused-ring (bicyclic) bond motifs is 1. The van der Waals surface area contributed by atoms with E-state index in [0.29, 0.717) is 5.56 Å². The van der Waals surface area contributed by atoms with Crippen molar-refractivity contribution < 1.29 is 24.0 Å². The Hall–Kier alpha value is -3.55. The summed E-state index contributed by atoms with van der Waals surface area (Å²) in [6.45, 7) is 5.34. The van der Waals surface area contributed by atoms with Crippen LogP contribution in [0.2, 0.25) is 0 Å². The second-order valence-electron chi connectivity index (χ2n) is 7.60. The lowest BCUT2D eigenvalue weighted by atomic mass is 10.0. The van der Waals surface area contributed by atoms with Crippen LogP contribution in [-0.2, 0) is 9.53 Å². The van der Waals surface area contributed by atoms with E-state index < -0.39 is 34.9 Å². The first-order valence-electron chi connectivity index (χ1n) is 9.62. The van der Waals surface area contributed by atoms with Crippen LogP contribution < -0.4 is 0 Å². The van der Waals surface area contributed by atoms with Gasteiger partial charge in [-0.15, -0.1) is 0 Å². The van der Waals surface area contributed by atoms with Crippen molar-refractivity contribution in [1.82, 2.24) is 4.90 Å². The Morgan fingerprint density at radius 3 is 2.17 bits per heavy atom. The molecule has 8 nitrogen and oxygen atoms in total. The number of non-ortho nitro benzene ring substituents is 1. The Morgan fingerprint density at radius 1 is 1.03 bits per heavy atom. The lowest BCUT2D eigenvalue weighted by Crippen LogP contribution is -2.46. The Morgan fingerprint density at radius 2 is 1.63 bits per heavy atom. The van der Waals surface area contributed by atoms with Crippen molar-refractivity contribution >= 4 is 23.5 Å². The topological polar surface area (TPSA) is 107 Å². The van der Waals surface area contributed by atoms with Crippen LogP contribution in [0.25, 0.3) is 0 Å². The van der Waals surface area contributed by atoms with Gasteiger partial charge in [-0.3, -0.25) is 24.6 Å². The minimum absolute atomic E-state index is 0.0139. The van der Waals surface area contributed by atoms with E-state index >= 15 is 0 Å². The van der Waals surface area contributed by atoms with Gasteiger partial charge in [-0.2, -0.15) is 0 Å². The van der Waals surface area contributed by atoms with Gasteiger partial charge in [0.05, 0.1) is 16.1 Å². The smallest absolute Gasteiger partial charge is 0.329 e. The molecule has 1 heterocycles. The van der Waals surface area contributed by atoms with E-state index in [4.69, 9.17) is 4.74 Å². The molecular formula is C22H22N2O6. The van der Waals surface area contributed by atoms with Gasteiger partial charge in [-0.1, -0.05) is 38.1 Å². The summed E-state index contributed by atoms with van der Waals surface area (Å²) < 4.78 is 5.53. The molecule has 156 valence electrons. The molecule has 0 spiro atoms. The maximum Gasteiger partial charge on any atom is 0.329 e. The van der Waals surface area contributed by atoms with E-state index in [0.717, 1.165) is 4.90 Å². The van der Waals surface area contributed by atoms with Crippen molar-refractivity contribution in [2.24, 2.45) is 5.92 Å². The highest BCUT2D eigenvalue weighted by atomic mass is 16.6. The molecule has 0 bridgehead atoms. The average Bonchev–Trinajstić information content (AvgIpc) is 2.96. The Labute approximate surface area is 173 Å². The van der Waals surface area contributed by atoms with Crippen molar-refractivity contribution in [3.63, 3.8) is 0 Å². The predicted molar refractivity (Wildman–Crippen MR) is 108 cm³/mol. The van der Waals surface area contributed by atoms with Gasteiger partial charge in [0.15, 0.2) is 0 Å². The maximum absolute atomic E-state index is 13.0. The van der Waals surface area contributed by atoms with Crippen LogP contribution in [0.1, 0.15) is 59.6 Å². The van der Waals surface area contributed by atoms with E-state index in [1.807, 2.05) is 13.8 Å². The number of carbonyl (C=O) groups is 3. The van der Waals surface area contributed by atoms with Gasteiger partial charge in [0.1, 0.15) is 12.1 Å². The van der Waals surface area contributed by atoms with Crippen LogP contribution in [0.5, 0.6) is 0 Å². The first-order valence-corrected chi connectivity index (χ1v) is 9.62. The molecule has 3 rings (SSSR count). The van der Waals surface area contributed by atoms with E-state index in [1.165, 1.54) is 18.2 Å². The summed E-state index contributed by atoms with van der Waals surface area (Å²) >= 11 is 0. The van der Waals surface area contributed by atoms with Crippen molar-refractivity contribution in [3.8, 4) is 0 Å². The van der Waals surface area contributed by atoms with E-state index in [1.54, 1.807) is 37.3 Å². The summed E-state index contributed by atoms with van der Waals surface area (Å²) in [4.78, 5) is 50.1. The zero-order chi connectivity index (χ0) is 22.0. The largest absolute Gasteiger partial charge is 0.456 e. The Bertz CT molecular complexity index is 981. The van der Waals surface area contributed by atoms with Gasteiger partial charge < -0.3 is 4.74 Å². The van der Waals surface area contributed by atoms with Crippen molar-refractivity contribution in [2.75, 3.05) is 0 Å². The van der Waals surface area contributed by atoms with Crippen LogP contribution in [0.4, 0.5) is 5.69 Å². The molecule has 0 N–H and O–H groups in total. The third-order valence-corrected chi connectivity index (χ3v) is 4.95. The summed E-state index contributed by atoms with van der Waals surface area (Å²) in [6.07, 6.45) is -0.548. The number of rotatable bonds is 7. The van der Waals surface area contributed by atoms with Crippen LogP contribution >= 0.6 is 0 Å². The molecule has 2 aromatic rings. The Kier molecular flexibility index (Phi) is 5.96. The minimum Gasteiger partial charge on any atom is -0.456 e. The number of carbonyl (C=O) groups excluding carboxylic acids is 3. The number of hydrogen-bond acceptors (Lipinski definition) is 6. The molecule has 0 aliphatic carbocycles. The molecule has 1 aliphatic rings. The third kappa shape index (κ3) is 4.07. The van der Waals surface area contributed by atoms with Gasteiger partial charge in [0.25, 0.3) is 17.5 Å². The number of esters is 1. The van der Waals surface area contributed by atoms with E-state index in [2.05, 4.69) is 0 Å². The molecule has 0 saturated carbocycles. The van der Waals surface area contributed by atoms with Gasteiger partial charge in [-0.25, -0.2) is 4.79 Å². The highest BCUT2D eigenvalue weighted by Gasteiger charge is 2.43. The molecule has 0 fully saturated rings. The zero-order valence-corrected chi connectivity index (χ0v) is 16.9. The number of amides is 2. The minimum atomic E-state index is -1.08. The number of hydrogen-bond donors (Lipinski definition) is 0. The molecular weight excluding hydrogens is 388 g/mol. The molecule has 30 heavy (non-hydrogen) atoms. The summed E-state index contributed by atoms with van der Waals surface area (Å²) in [5, 5.41) is 11.0. The van der Waals surface area contributed by atoms with Gasteiger partial charge in [-0.05, 0) is 37.0 Å². The Balaban J connectivity index is 1.85. The van der Waals surface area contributed by atoms with Crippen molar-refractivity contribution in [1.29, 1.82) is 0 Å². The molecule has 0 unspecified atom stereocenters.